The molecule has 1 aromatic heterocycles. The van der Waals surface area contributed by atoms with Crippen LogP contribution in [0.25, 0.3) is 0 Å². The number of ether oxygens (including phenoxy) is 2. The second-order valence-corrected chi connectivity index (χ2v) is 6.03. The van der Waals surface area contributed by atoms with Crippen LogP contribution in [0, 0.1) is 0 Å². The van der Waals surface area contributed by atoms with E-state index < -0.39 is 5.91 Å². The van der Waals surface area contributed by atoms with Gasteiger partial charge in [0.1, 0.15) is 23.4 Å². The maximum Gasteiger partial charge on any atom is 0.250 e. The minimum atomic E-state index is -0.571. The van der Waals surface area contributed by atoms with E-state index in [1.165, 1.54) is 18.5 Å². The third-order valence-corrected chi connectivity index (χ3v) is 4.00. The van der Waals surface area contributed by atoms with Crippen LogP contribution in [0.5, 0.6) is 17.2 Å². The molecule has 7 nitrogen and oxygen atoms in total. The van der Waals surface area contributed by atoms with E-state index in [-0.39, 0.29) is 11.7 Å². The molecule has 3 N–H and O–H groups in total. The van der Waals surface area contributed by atoms with E-state index in [0.717, 1.165) is 17.1 Å². The molecule has 0 aliphatic carbocycles. The van der Waals surface area contributed by atoms with E-state index in [1.807, 2.05) is 54.6 Å². The lowest BCUT2D eigenvalue weighted by Gasteiger charge is -2.09. The molecular formula is C21H17N3O4. The van der Waals surface area contributed by atoms with Crippen molar-refractivity contribution in [2.45, 2.75) is 6.10 Å². The number of amides is 1. The van der Waals surface area contributed by atoms with Crippen LogP contribution in [-0.4, -0.2) is 10.9 Å². The lowest BCUT2D eigenvalue weighted by Crippen LogP contribution is -2.14. The van der Waals surface area contributed by atoms with Crippen molar-refractivity contribution in [2.75, 3.05) is 0 Å². The van der Waals surface area contributed by atoms with Crippen LogP contribution in [0.15, 0.2) is 85.0 Å². The van der Waals surface area contributed by atoms with Gasteiger partial charge in [-0.2, -0.15) is 0 Å². The number of hydrogen-bond donors (Lipinski definition) is 2. The van der Waals surface area contributed by atoms with Crippen molar-refractivity contribution in [1.29, 1.82) is 0 Å². The lowest BCUT2D eigenvalue weighted by molar-refractivity contribution is 0.0273. The number of rotatable bonds is 6. The van der Waals surface area contributed by atoms with Gasteiger partial charge in [0.2, 0.25) is 11.8 Å². The molecule has 0 fully saturated rings. The SMILES string of the molecule is NC(=O)c1cncc(OC2=C[C@H](c3ccc(Oc4ccccc4)cc3)ON2)c1. The highest BCUT2D eigenvalue weighted by Crippen LogP contribution is 2.28. The highest BCUT2D eigenvalue weighted by molar-refractivity contribution is 5.92. The summed E-state index contributed by atoms with van der Waals surface area (Å²) in [5, 5.41) is 0. The highest BCUT2D eigenvalue weighted by atomic mass is 16.7. The summed E-state index contributed by atoms with van der Waals surface area (Å²) >= 11 is 0. The minimum absolute atomic E-state index is 0.266. The summed E-state index contributed by atoms with van der Waals surface area (Å²) in [5.74, 6) is 1.72. The molecule has 0 radical (unpaired) electrons. The topological polar surface area (TPSA) is 95.7 Å². The molecule has 140 valence electrons. The van der Waals surface area contributed by atoms with Gasteiger partial charge in [0.25, 0.3) is 0 Å². The van der Waals surface area contributed by atoms with Gasteiger partial charge in [-0.15, -0.1) is 0 Å². The first-order valence-electron chi connectivity index (χ1n) is 8.56. The summed E-state index contributed by atoms with van der Waals surface area (Å²) in [5.41, 5.74) is 9.16. The van der Waals surface area contributed by atoms with Crippen LogP contribution in [0.4, 0.5) is 0 Å². The lowest BCUT2D eigenvalue weighted by atomic mass is 10.1. The van der Waals surface area contributed by atoms with Crippen LogP contribution in [0.2, 0.25) is 0 Å². The number of carbonyl (C=O) groups excluding carboxylic acids is 1. The van der Waals surface area contributed by atoms with E-state index >= 15 is 0 Å². The number of primary amides is 1. The van der Waals surface area contributed by atoms with Gasteiger partial charge in [0.15, 0.2) is 0 Å². The molecule has 1 amide bonds. The van der Waals surface area contributed by atoms with Gasteiger partial charge < -0.3 is 15.2 Å². The Balaban J connectivity index is 1.42. The fourth-order valence-corrected chi connectivity index (χ4v) is 2.63. The number of nitrogens with zero attached hydrogens (tertiary/aromatic N) is 1. The van der Waals surface area contributed by atoms with Crippen molar-refractivity contribution < 1.29 is 19.1 Å². The van der Waals surface area contributed by atoms with E-state index in [1.54, 1.807) is 6.08 Å². The van der Waals surface area contributed by atoms with Crippen LogP contribution < -0.4 is 20.7 Å². The molecule has 0 saturated heterocycles. The summed E-state index contributed by atoms with van der Waals surface area (Å²) in [7, 11) is 0. The maximum atomic E-state index is 11.2. The first kappa shape index (κ1) is 17.6. The number of hydrogen-bond acceptors (Lipinski definition) is 6. The minimum Gasteiger partial charge on any atom is -0.457 e. The van der Waals surface area contributed by atoms with E-state index in [0.29, 0.717) is 11.6 Å². The number of hydroxylamine groups is 1. The van der Waals surface area contributed by atoms with Crippen molar-refractivity contribution in [1.82, 2.24) is 10.5 Å². The zero-order chi connectivity index (χ0) is 19.3. The monoisotopic (exact) mass is 375 g/mol. The Labute approximate surface area is 161 Å². The Morgan fingerprint density at radius 1 is 0.964 bits per heavy atom. The Kier molecular flexibility index (Phi) is 4.90. The van der Waals surface area contributed by atoms with Gasteiger partial charge in [-0.1, -0.05) is 30.3 Å². The molecule has 0 unspecified atom stereocenters. The largest absolute Gasteiger partial charge is 0.457 e. The molecule has 7 heteroatoms. The highest BCUT2D eigenvalue weighted by Gasteiger charge is 2.20. The molecule has 0 bridgehead atoms. The van der Waals surface area contributed by atoms with Crippen molar-refractivity contribution in [2.24, 2.45) is 5.73 Å². The zero-order valence-corrected chi connectivity index (χ0v) is 14.7. The third kappa shape index (κ3) is 4.11. The van der Waals surface area contributed by atoms with Crippen LogP contribution in [0.1, 0.15) is 22.0 Å². The Morgan fingerprint density at radius 3 is 2.46 bits per heavy atom. The Bertz CT molecular complexity index is 1000. The van der Waals surface area contributed by atoms with E-state index in [4.69, 9.17) is 20.0 Å². The fraction of sp³-hybridized carbons (Fsp3) is 0.0476. The molecule has 4 rings (SSSR count). The number of para-hydroxylation sites is 1. The molecule has 1 aliphatic rings. The molecule has 2 heterocycles. The molecule has 28 heavy (non-hydrogen) atoms. The molecule has 0 spiro atoms. The van der Waals surface area contributed by atoms with Gasteiger partial charge >= 0.3 is 0 Å². The summed E-state index contributed by atoms with van der Waals surface area (Å²) < 4.78 is 11.4. The van der Waals surface area contributed by atoms with Crippen LogP contribution in [0.3, 0.4) is 0 Å². The molecule has 1 atom stereocenters. The standard InChI is InChI=1S/C21H17N3O4/c22-21(25)15-10-18(13-23-12-15)27-20-11-19(28-24-20)14-6-8-17(9-7-14)26-16-4-2-1-3-5-16/h1-13,19,24H,(H2,22,25)/t19-/m1/s1. The molecular weight excluding hydrogens is 358 g/mol. The number of aromatic nitrogens is 1. The Hall–Kier alpha value is -3.84. The summed E-state index contributed by atoms with van der Waals surface area (Å²) in [6.07, 6.45) is 4.32. The number of carbonyl (C=O) groups is 1. The average Bonchev–Trinajstić information content (AvgIpc) is 3.18. The van der Waals surface area contributed by atoms with Gasteiger partial charge in [0, 0.05) is 12.3 Å². The predicted molar refractivity (Wildman–Crippen MR) is 101 cm³/mol. The van der Waals surface area contributed by atoms with Crippen molar-refractivity contribution in [3.63, 3.8) is 0 Å². The Morgan fingerprint density at radius 2 is 1.71 bits per heavy atom. The number of nitrogens with two attached hydrogens (primary N) is 1. The van der Waals surface area contributed by atoms with Crippen LogP contribution >= 0.6 is 0 Å². The first-order chi connectivity index (χ1) is 13.7. The molecule has 1 aliphatic heterocycles. The number of pyridine rings is 1. The summed E-state index contributed by atoms with van der Waals surface area (Å²) in [4.78, 5) is 20.7. The van der Waals surface area contributed by atoms with Gasteiger partial charge in [-0.25, -0.2) is 5.48 Å². The van der Waals surface area contributed by atoms with Gasteiger partial charge in [0.05, 0.1) is 11.8 Å². The molecule has 2 aromatic carbocycles. The van der Waals surface area contributed by atoms with E-state index in [2.05, 4.69) is 10.5 Å². The van der Waals surface area contributed by atoms with Crippen LogP contribution in [-0.2, 0) is 4.84 Å². The predicted octanol–water partition coefficient (Wildman–Crippen LogP) is 3.47. The molecule has 0 saturated carbocycles. The number of benzene rings is 2. The number of nitrogens with one attached hydrogen (secondary N) is 1. The fourth-order valence-electron chi connectivity index (χ4n) is 2.63. The maximum absolute atomic E-state index is 11.2. The average molecular weight is 375 g/mol. The first-order valence-corrected chi connectivity index (χ1v) is 8.56. The smallest absolute Gasteiger partial charge is 0.250 e. The normalized spacial score (nSPS) is 15.4. The van der Waals surface area contributed by atoms with Gasteiger partial charge in [-0.3, -0.25) is 14.6 Å². The second-order valence-electron chi connectivity index (χ2n) is 6.03. The summed E-state index contributed by atoms with van der Waals surface area (Å²) in [6.45, 7) is 0. The van der Waals surface area contributed by atoms with Crippen molar-refractivity contribution in [3.05, 3.63) is 96.1 Å². The van der Waals surface area contributed by atoms with Gasteiger partial charge in [-0.05, 0) is 35.9 Å². The third-order valence-electron chi connectivity index (χ3n) is 4.00. The zero-order valence-electron chi connectivity index (χ0n) is 14.7. The van der Waals surface area contributed by atoms with Crippen molar-refractivity contribution >= 4 is 5.91 Å². The quantitative estimate of drug-likeness (QED) is 0.685. The molecule has 3 aromatic rings. The van der Waals surface area contributed by atoms with Crippen molar-refractivity contribution in [3.8, 4) is 17.2 Å². The second kappa shape index (κ2) is 7.81. The summed E-state index contributed by atoms with van der Waals surface area (Å²) in [6, 6.07) is 18.7. The van der Waals surface area contributed by atoms with E-state index in [9.17, 15) is 4.79 Å².